The minimum atomic E-state index is -0.572. The molecule has 7 heteroatoms. The van der Waals surface area contributed by atoms with E-state index in [1.54, 1.807) is 13.0 Å². The normalized spacial score (nSPS) is 10.7. The third-order valence-electron chi connectivity index (χ3n) is 4.45. The molecule has 0 aliphatic heterocycles. The molecule has 1 N–H and O–H groups in total. The van der Waals surface area contributed by atoms with Crippen molar-refractivity contribution >= 4 is 11.7 Å². The van der Waals surface area contributed by atoms with Gasteiger partial charge in [-0.3, -0.25) is 9.59 Å². The minimum absolute atomic E-state index is 0.00629. The monoisotopic (exact) mass is 386 g/mol. The van der Waals surface area contributed by atoms with Gasteiger partial charge in [-0.25, -0.2) is 4.68 Å². The van der Waals surface area contributed by atoms with Gasteiger partial charge in [0.15, 0.2) is 5.82 Å². The molecule has 0 aliphatic rings. The summed E-state index contributed by atoms with van der Waals surface area (Å²) in [5.41, 5.74) is 2.03. The lowest BCUT2D eigenvalue weighted by molar-refractivity contribution is 0.102. The molecule has 7 nitrogen and oxygen atoms in total. The van der Waals surface area contributed by atoms with Crippen molar-refractivity contribution in [2.24, 2.45) is 7.05 Å². The lowest BCUT2D eigenvalue weighted by Crippen LogP contribution is -2.31. The Morgan fingerprint density at radius 1 is 1.00 bits per heavy atom. The standard InChI is InChI=1S/C22H18N4O3/c1-14-13-17(25-29-14)23-21(27)19-18(15-9-5-3-6-10-15)20(24-26(2)22(19)28)16-11-7-4-8-12-16/h3-13H,1-2H3,(H,23,25,27). The second-order valence-corrected chi connectivity index (χ2v) is 6.54. The average molecular weight is 386 g/mol. The van der Waals surface area contributed by atoms with Crippen LogP contribution in [-0.4, -0.2) is 20.8 Å². The van der Waals surface area contributed by atoms with Crippen LogP contribution in [0.5, 0.6) is 0 Å². The number of carbonyl (C=O) groups excluding carboxylic acids is 1. The fourth-order valence-electron chi connectivity index (χ4n) is 3.13. The Bertz CT molecular complexity index is 1230. The van der Waals surface area contributed by atoms with Gasteiger partial charge < -0.3 is 9.84 Å². The highest BCUT2D eigenvalue weighted by Crippen LogP contribution is 2.32. The molecule has 2 heterocycles. The molecule has 0 atom stereocenters. The van der Waals surface area contributed by atoms with Crippen molar-refractivity contribution in [1.29, 1.82) is 0 Å². The lowest BCUT2D eigenvalue weighted by Gasteiger charge is -2.15. The second kappa shape index (κ2) is 7.55. The summed E-state index contributed by atoms with van der Waals surface area (Å²) in [5, 5.41) is 10.9. The Kier molecular flexibility index (Phi) is 4.78. The molecule has 0 radical (unpaired) electrons. The Morgan fingerprint density at radius 3 is 2.21 bits per heavy atom. The molecular formula is C22H18N4O3. The van der Waals surface area contributed by atoms with E-state index in [0.29, 0.717) is 17.0 Å². The van der Waals surface area contributed by atoms with Crippen LogP contribution in [-0.2, 0) is 7.05 Å². The zero-order valence-electron chi connectivity index (χ0n) is 15.9. The number of aromatic nitrogens is 3. The highest BCUT2D eigenvalue weighted by atomic mass is 16.5. The molecule has 0 fully saturated rings. The van der Waals surface area contributed by atoms with E-state index in [2.05, 4.69) is 15.6 Å². The van der Waals surface area contributed by atoms with Crippen LogP contribution in [0.4, 0.5) is 5.82 Å². The molecule has 4 aromatic rings. The quantitative estimate of drug-likeness (QED) is 0.578. The van der Waals surface area contributed by atoms with E-state index in [1.807, 2.05) is 60.7 Å². The lowest BCUT2D eigenvalue weighted by atomic mass is 9.95. The van der Waals surface area contributed by atoms with E-state index >= 15 is 0 Å². The number of carbonyl (C=O) groups is 1. The topological polar surface area (TPSA) is 90.0 Å². The van der Waals surface area contributed by atoms with Crippen LogP contribution in [0.1, 0.15) is 16.1 Å². The minimum Gasteiger partial charge on any atom is -0.360 e. The van der Waals surface area contributed by atoms with Crippen LogP contribution in [0.3, 0.4) is 0 Å². The smallest absolute Gasteiger partial charge is 0.280 e. The predicted molar refractivity (Wildman–Crippen MR) is 110 cm³/mol. The van der Waals surface area contributed by atoms with Crippen molar-refractivity contribution in [3.05, 3.63) is 88.4 Å². The van der Waals surface area contributed by atoms with Crippen LogP contribution < -0.4 is 10.9 Å². The van der Waals surface area contributed by atoms with Crippen molar-refractivity contribution in [3.63, 3.8) is 0 Å². The average Bonchev–Trinajstić information content (AvgIpc) is 3.15. The zero-order valence-corrected chi connectivity index (χ0v) is 15.9. The fourth-order valence-corrected chi connectivity index (χ4v) is 3.13. The van der Waals surface area contributed by atoms with Gasteiger partial charge in [-0.2, -0.15) is 5.10 Å². The van der Waals surface area contributed by atoms with Crippen LogP contribution in [0, 0.1) is 6.92 Å². The molecule has 0 unspecified atom stereocenters. The summed E-state index contributed by atoms with van der Waals surface area (Å²) in [6.45, 7) is 1.72. The Balaban J connectivity index is 1.97. The fraction of sp³-hybridized carbons (Fsp3) is 0.0909. The summed E-state index contributed by atoms with van der Waals surface area (Å²) in [5.74, 6) is 0.222. The van der Waals surface area contributed by atoms with Crippen molar-refractivity contribution in [2.45, 2.75) is 6.92 Å². The van der Waals surface area contributed by atoms with Crippen molar-refractivity contribution < 1.29 is 9.32 Å². The molecule has 29 heavy (non-hydrogen) atoms. The summed E-state index contributed by atoms with van der Waals surface area (Å²) >= 11 is 0. The predicted octanol–water partition coefficient (Wildman–Crippen LogP) is 3.66. The van der Waals surface area contributed by atoms with Crippen molar-refractivity contribution in [1.82, 2.24) is 14.9 Å². The number of benzene rings is 2. The summed E-state index contributed by atoms with van der Waals surface area (Å²) in [6, 6.07) is 20.3. The molecule has 2 aromatic carbocycles. The Morgan fingerprint density at radius 2 is 1.62 bits per heavy atom. The van der Waals surface area contributed by atoms with Gasteiger partial charge in [0.25, 0.3) is 11.5 Å². The highest BCUT2D eigenvalue weighted by molar-refractivity contribution is 6.10. The number of nitrogens with zero attached hydrogens (tertiary/aromatic N) is 3. The summed E-state index contributed by atoms with van der Waals surface area (Å²) < 4.78 is 6.18. The number of aryl methyl sites for hydroxylation is 2. The second-order valence-electron chi connectivity index (χ2n) is 6.54. The summed E-state index contributed by atoms with van der Waals surface area (Å²) in [7, 11) is 1.53. The molecule has 0 aliphatic carbocycles. The highest BCUT2D eigenvalue weighted by Gasteiger charge is 2.25. The van der Waals surface area contributed by atoms with E-state index < -0.39 is 11.5 Å². The molecule has 144 valence electrons. The molecule has 1 amide bonds. The number of hydrogen-bond donors (Lipinski definition) is 1. The van der Waals surface area contributed by atoms with Gasteiger partial charge in [0.2, 0.25) is 0 Å². The first-order valence-electron chi connectivity index (χ1n) is 9.01. The van der Waals surface area contributed by atoms with Gasteiger partial charge in [0, 0.05) is 24.2 Å². The van der Waals surface area contributed by atoms with Gasteiger partial charge >= 0.3 is 0 Å². The SMILES string of the molecule is Cc1cc(NC(=O)c2c(-c3ccccc3)c(-c3ccccc3)nn(C)c2=O)no1. The van der Waals surface area contributed by atoms with E-state index in [1.165, 1.54) is 11.7 Å². The van der Waals surface area contributed by atoms with Gasteiger partial charge in [-0.1, -0.05) is 65.8 Å². The largest absolute Gasteiger partial charge is 0.360 e. The van der Waals surface area contributed by atoms with Gasteiger partial charge in [0.1, 0.15) is 11.3 Å². The van der Waals surface area contributed by atoms with E-state index in [9.17, 15) is 9.59 Å². The zero-order chi connectivity index (χ0) is 20.4. The Labute approximate surface area is 166 Å². The summed E-state index contributed by atoms with van der Waals surface area (Å²) in [4.78, 5) is 26.1. The number of nitrogens with one attached hydrogen (secondary N) is 1. The first-order chi connectivity index (χ1) is 14.0. The number of amides is 1. The van der Waals surface area contributed by atoms with Gasteiger partial charge in [0.05, 0.1) is 5.69 Å². The maximum Gasteiger partial charge on any atom is 0.280 e. The third-order valence-corrected chi connectivity index (χ3v) is 4.45. The molecule has 0 saturated heterocycles. The first kappa shape index (κ1) is 18.4. The maximum atomic E-state index is 13.1. The molecule has 0 bridgehead atoms. The van der Waals surface area contributed by atoms with Gasteiger partial charge in [-0.05, 0) is 12.5 Å². The third kappa shape index (κ3) is 3.58. The number of hydrogen-bond acceptors (Lipinski definition) is 5. The molecule has 0 spiro atoms. The van der Waals surface area contributed by atoms with E-state index in [4.69, 9.17) is 4.52 Å². The van der Waals surface area contributed by atoms with Crippen LogP contribution >= 0.6 is 0 Å². The molecule has 2 aromatic heterocycles. The van der Waals surface area contributed by atoms with E-state index in [-0.39, 0.29) is 11.4 Å². The van der Waals surface area contributed by atoms with Crippen LogP contribution in [0.2, 0.25) is 0 Å². The van der Waals surface area contributed by atoms with Crippen molar-refractivity contribution in [3.8, 4) is 22.4 Å². The summed E-state index contributed by atoms with van der Waals surface area (Å²) in [6.07, 6.45) is 0. The first-order valence-corrected chi connectivity index (χ1v) is 9.01. The van der Waals surface area contributed by atoms with Crippen molar-refractivity contribution in [2.75, 3.05) is 5.32 Å². The number of anilines is 1. The van der Waals surface area contributed by atoms with Crippen LogP contribution in [0.25, 0.3) is 22.4 Å². The maximum absolute atomic E-state index is 13.1. The Hall–Kier alpha value is -4.00. The van der Waals surface area contributed by atoms with Crippen LogP contribution in [0.15, 0.2) is 76.0 Å². The van der Waals surface area contributed by atoms with E-state index in [0.717, 1.165) is 11.1 Å². The molecule has 4 rings (SSSR count). The number of rotatable bonds is 4. The van der Waals surface area contributed by atoms with Gasteiger partial charge in [-0.15, -0.1) is 0 Å². The molecular weight excluding hydrogens is 368 g/mol. The molecule has 0 saturated carbocycles.